The van der Waals surface area contributed by atoms with Crippen molar-refractivity contribution < 1.29 is 18.0 Å². The maximum atomic E-state index is 14.4. The number of nitrogens with zero attached hydrogens (tertiary/aromatic N) is 2. The van der Waals surface area contributed by atoms with Gasteiger partial charge in [-0.15, -0.1) is 0 Å². The van der Waals surface area contributed by atoms with E-state index in [2.05, 4.69) is 5.32 Å². The normalized spacial score (nSPS) is 11.9. The number of carbonyl (C=O) groups excluding carboxylic acids is 2. The van der Waals surface area contributed by atoms with Crippen molar-refractivity contribution in [2.75, 3.05) is 17.4 Å². The van der Waals surface area contributed by atoms with Gasteiger partial charge < -0.3 is 10.2 Å². The molecule has 2 amide bonds. The lowest BCUT2D eigenvalue weighted by Crippen LogP contribution is -2.53. The smallest absolute Gasteiger partial charge is 0.264 e. The second-order valence-corrected chi connectivity index (χ2v) is 13.3. The first-order valence-corrected chi connectivity index (χ1v) is 16.5. The third kappa shape index (κ3) is 8.25. The molecule has 0 aromatic heterocycles. The standard InChI is InChI=1S/C32H29Cl4N3O4S/c1-2-37-32(41)30(18-22-8-4-3-5-9-22)38(20-27-28(35)12-7-13-29(27)36)31(40)21-39(25-11-6-10-24(34)19-25)44(42,43)26-16-14-23(33)15-17-26/h3-17,19,30H,2,18,20-21H2,1H3,(H,37,41)/t30-/m1/s1. The Bertz CT molecular complexity index is 1700. The van der Waals surface area contributed by atoms with Gasteiger partial charge in [0.15, 0.2) is 0 Å². The first-order valence-electron chi connectivity index (χ1n) is 13.6. The molecule has 230 valence electrons. The molecule has 12 heteroatoms. The Morgan fingerprint density at radius 3 is 2.05 bits per heavy atom. The highest BCUT2D eigenvalue weighted by molar-refractivity contribution is 7.92. The molecule has 0 saturated heterocycles. The highest BCUT2D eigenvalue weighted by Crippen LogP contribution is 2.30. The van der Waals surface area contributed by atoms with Gasteiger partial charge in [0.1, 0.15) is 12.6 Å². The molecule has 0 aliphatic heterocycles. The number of likely N-dealkylation sites (N-methyl/N-ethyl adjacent to an activating group) is 1. The number of halogens is 4. The monoisotopic (exact) mass is 691 g/mol. The predicted molar refractivity (Wildman–Crippen MR) is 177 cm³/mol. The number of anilines is 1. The predicted octanol–water partition coefficient (Wildman–Crippen LogP) is 7.27. The quantitative estimate of drug-likeness (QED) is 0.169. The van der Waals surface area contributed by atoms with E-state index in [1.54, 1.807) is 37.3 Å². The molecule has 0 spiro atoms. The minimum absolute atomic E-state index is 0.0834. The Balaban J connectivity index is 1.83. The van der Waals surface area contributed by atoms with E-state index in [0.29, 0.717) is 27.2 Å². The Labute approximate surface area is 277 Å². The van der Waals surface area contributed by atoms with Crippen molar-refractivity contribution in [2.45, 2.75) is 30.8 Å². The van der Waals surface area contributed by atoms with E-state index in [1.165, 1.54) is 41.3 Å². The van der Waals surface area contributed by atoms with Gasteiger partial charge in [-0.3, -0.25) is 13.9 Å². The van der Waals surface area contributed by atoms with Gasteiger partial charge in [-0.2, -0.15) is 0 Å². The minimum Gasteiger partial charge on any atom is -0.355 e. The van der Waals surface area contributed by atoms with Gasteiger partial charge >= 0.3 is 0 Å². The summed E-state index contributed by atoms with van der Waals surface area (Å²) >= 11 is 25.3. The Hall–Kier alpha value is -3.27. The van der Waals surface area contributed by atoms with Crippen molar-refractivity contribution in [3.05, 3.63) is 128 Å². The molecule has 0 fully saturated rings. The molecular formula is C32H29Cl4N3O4S. The summed E-state index contributed by atoms with van der Waals surface area (Å²) in [7, 11) is -4.30. The van der Waals surface area contributed by atoms with Gasteiger partial charge in [0.25, 0.3) is 10.0 Å². The van der Waals surface area contributed by atoms with Gasteiger partial charge in [-0.25, -0.2) is 8.42 Å². The average Bonchev–Trinajstić information content (AvgIpc) is 2.99. The van der Waals surface area contributed by atoms with Crippen LogP contribution < -0.4 is 9.62 Å². The minimum atomic E-state index is -4.30. The summed E-state index contributed by atoms with van der Waals surface area (Å²) in [6.07, 6.45) is 0.154. The summed E-state index contributed by atoms with van der Waals surface area (Å²) < 4.78 is 29.0. The fourth-order valence-corrected chi connectivity index (χ4v) is 6.83. The van der Waals surface area contributed by atoms with Crippen molar-refractivity contribution in [1.29, 1.82) is 0 Å². The molecule has 4 aromatic carbocycles. The second-order valence-electron chi connectivity index (χ2n) is 9.77. The summed E-state index contributed by atoms with van der Waals surface area (Å²) in [5, 5.41) is 4.03. The topological polar surface area (TPSA) is 86.8 Å². The fraction of sp³-hybridized carbons (Fsp3) is 0.188. The number of amides is 2. The van der Waals surface area contributed by atoms with Crippen LogP contribution in [0.4, 0.5) is 5.69 Å². The van der Waals surface area contributed by atoms with E-state index in [4.69, 9.17) is 46.4 Å². The van der Waals surface area contributed by atoms with Crippen LogP contribution in [0.5, 0.6) is 0 Å². The van der Waals surface area contributed by atoms with Crippen LogP contribution in [0.15, 0.2) is 102 Å². The van der Waals surface area contributed by atoms with E-state index in [1.807, 2.05) is 30.3 Å². The summed E-state index contributed by atoms with van der Waals surface area (Å²) in [5.74, 6) is -1.08. The molecule has 4 aromatic rings. The van der Waals surface area contributed by atoms with Gasteiger partial charge in [-0.1, -0.05) is 88.9 Å². The Morgan fingerprint density at radius 2 is 1.43 bits per heavy atom. The van der Waals surface area contributed by atoms with Crippen LogP contribution in [0, 0.1) is 0 Å². The van der Waals surface area contributed by atoms with E-state index >= 15 is 0 Å². The Kier molecular flexibility index (Phi) is 11.6. The van der Waals surface area contributed by atoms with Crippen LogP contribution in [-0.4, -0.2) is 44.3 Å². The SMILES string of the molecule is CCNC(=O)[C@@H](Cc1ccccc1)N(Cc1c(Cl)cccc1Cl)C(=O)CN(c1cccc(Cl)c1)S(=O)(=O)c1ccc(Cl)cc1. The number of hydrogen-bond acceptors (Lipinski definition) is 4. The molecule has 0 aliphatic rings. The lowest BCUT2D eigenvalue weighted by Gasteiger charge is -2.34. The van der Waals surface area contributed by atoms with Crippen LogP contribution in [0.1, 0.15) is 18.1 Å². The molecular weight excluding hydrogens is 664 g/mol. The zero-order chi connectivity index (χ0) is 31.9. The third-order valence-corrected chi connectivity index (χ3v) is 9.77. The third-order valence-electron chi connectivity index (χ3n) is 6.79. The maximum absolute atomic E-state index is 14.4. The maximum Gasteiger partial charge on any atom is 0.264 e. The van der Waals surface area contributed by atoms with Crippen LogP contribution in [0.2, 0.25) is 20.1 Å². The van der Waals surface area contributed by atoms with E-state index in [-0.39, 0.29) is 28.6 Å². The molecule has 0 bridgehead atoms. The molecule has 1 N–H and O–H groups in total. The fourth-order valence-electron chi connectivity index (χ4n) is 4.59. The van der Waals surface area contributed by atoms with E-state index < -0.39 is 34.4 Å². The molecule has 0 aliphatic carbocycles. The van der Waals surface area contributed by atoms with E-state index in [9.17, 15) is 18.0 Å². The average molecular weight is 693 g/mol. The van der Waals surface area contributed by atoms with Crippen LogP contribution in [0.3, 0.4) is 0 Å². The number of sulfonamides is 1. The van der Waals surface area contributed by atoms with Gasteiger partial charge in [-0.05, 0) is 67.1 Å². The van der Waals surface area contributed by atoms with Gasteiger partial charge in [0, 0.05) is 45.2 Å². The van der Waals surface area contributed by atoms with Crippen LogP contribution in [-0.2, 0) is 32.6 Å². The van der Waals surface area contributed by atoms with Crippen molar-refractivity contribution >= 4 is 73.9 Å². The highest BCUT2D eigenvalue weighted by Gasteiger charge is 2.35. The van der Waals surface area contributed by atoms with Crippen molar-refractivity contribution in [3.8, 4) is 0 Å². The lowest BCUT2D eigenvalue weighted by atomic mass is 10.0. The lowest BCUT2D eigenvalue weighted by molar-refractivity contribution is -0.140. The van der Waals surface area contributed by atoms with Crippen LogP contribution >= 0.6 is 46.4 Å². The zero-order valence-corrected chi connectivity index (χ0v) is 27.4. The number of nitrogens with one attached hydrogen (secondary N) is 1. The Morgan fingerprint density at radius 1 is 0.795 bits per heavy atom. The van der Waals surface area contributed by atoms with Crippen molar-refractivity contribution in [1.82, 2.24) is 10.2 Å². The first kappa shape index (κ1) is 33.6. The van der Waals surface area contributed by atoms with E-state index in [0.717, 1.165) is 9.87 Å². The summed E-state index contributed by atoms with van der Waals surface area (Å²) in [5.41, 5.74) is 1.38. The number of hydrogen-bond donors (Lipinski definition) is 1. The summed E-state index contributed by atoms with van der Waals surface area (Å²) in [4.78, 5) is 29.2. The van der Waals surface area contributed by atoms with Crippen LogP contribution in [0.25, 0.3) is 0 Å². The molecule has 0 radical (unpaired) electrons. The number of rotatable bonds is 12. The summed E-state index contributed by atoms with van der Waals surface area (Å²) in [6.45, 7) is 1.28. The molecule has 0 saturated carbocycles. The first-order chi connectivity index (χ1) is 21.0. The largest absolute Gasteiger partial charge is 0.355 e. The van der Waals surface area contributed by atoms with Crippen molar-refractivity contribution in [2.24, 2.45) is 0 Å². The number of benzene rings is 4. The molecule has 0 heterocycles. The number of carbonyl (C=O) groups is 2. The molecule has 1 atom stereocenters. The summed E-state index contributed by atoms with van der Waals surface area (Å²) in [6, 6.07) is 24.9. The second kappa shape index (κ2) is 15.1. The van der Waals surface area contributed by atoms with Crippen molar-refractivity contribution in [3.63, 3.8) is 0 Å². The zero-order valence-electron chi connectivity index (χ0n) is 23.6. The molecule has 0 unspecified atom stereocenters. The molecule has 44 heavy (non-hydrogen) atoms. The molecule has 4 rings (SSSR count). The van der Waals surface area contributed by atoms with Gasteiger partial charge in [0.05, 0.1) is 10.6 Å². The highest BCUT2D eigenvalue weighted by atomic mass is 35.5. The van der Waals surface area contributed by atoms with Gasteiger partial charge in [0.2, 0.25) is 11.8 Å². The molecule has 7 nitrogen and oxygen atoms in total.